The van der Waals surface area contributed by atoms with E-state index in [2.05, 4.69) is 41.9 Å². The number of hydrogen-bond donors (Lipinski definition) is 2. The van der Waals surface area contributed by atoms with Crippen molar-refractivity contribution in [3.8, 4) is 0 Å². The highest BCUT2D eigenvalue weighted by molar-refractivity contribution is 9.11. The Hall–Kier alpha value is -0.410. The molecule has 0 aliphatic rings. The van der Waals surface area contributed by atoms with Crippen LogP contribution in [0.3, 0.4) is 0 Å². The predicted molar refractivity (Wildman–Crippen MR) is 89.7 cm³/mol. The number of halogens is 2. The molecule has 1 aromatic heterocycles. The minimum absolute atomic E-state index is 0.301. The van der Waals surface area contributed by atoms with Crippen molar-refractivity contribution in [2.45, 2.75) is 10.8 Å². The summed E-state index contributed by atoms with van der Waals surface area (Å²) < 4.78 is 29.0. The second-order valence-corrected chi connectivity index (χ2v) is 8.83. The van der Waals surface area contributed by atoms with E-state index in [1.54, 1.807) is 18.2 Å². The standard InChI is InChI=1S/C12H12Br2N2O2S2/c1-15-7-9-3-5-12(19-9)20(17,18)16-11-6-8(13)2-4-10(11)14/h2-6,15-16H,7H2,1H3. The van der Waals surface area contributed by atoms with Crippen molar-refractivity contribution < 1.29 is 8.42 Å². The van der Waals surface area contributed by atoms with Crippen molar-refractivity contribution >= 4 is 58.9 Å². The molecule has 0 unspecified atom stereocenters. The lowest BCUT2D eigenvalue weighted by molar-refractivity contribution is 0.603. The van der Waals surface area contributed by atoms with Crippen LogP contribution in [0.15, 0.2) is 43.5 Å². The molecular formula is C12H12Br2N2O2S2. The van der Waals surface area contributed by atoms with Crippen LogP contribution in [-0.4, -0.2) is 15.5 Å². The van der Waals surface area contributed by atoms with E-state index in [1.807, 2.05) is 19.2 Å². The molecular weight excluding hydrogens is 428 g/mol. The van der Waals surface area contributed by atoms with Gasteiger partial charge < -0.3 is 5.32 Å². The minimum Gasteiger partial charge on any atom is -0.315 e. The monoisotopic (exact) mass is 438 g/mol. The fourth-order valence-electron chi connectivity index (χ4n) is 1.54. The Morgan fingerprint density at radius 2 is 1.95 bits per heavy atom. The SMILES string of the molecule is CNCc1ccc(S(=O)(=O)Nc2cc(Br)ccc2Br)s1. The summed E-state index contributed by atoms with van der Waals surface area (Å²) in [5, 5.41) is 3.00. The maximum atomic E-state index is 12.3. The second kappa shape index (κ2) is 6.57. The van der Waals surface area contributed by atoms with Crippen molar-refractivity contribution in [3.63, 3.8) is 0 Å². The Labute approximate surface area is 138 Å². The molecule has 2 rings (SSSR count). The third-order valence-electron chi connectivity index (χ3n) is 2.43. The molecule has 0 spiro atoms. The van der Waals surface area contributed by atoms with Gasteiger partial charge in [0.25, 0.3) is 10.0 Å². The summed E-state index contributed by atoms with van der Waals surface area (Å²) in [6, 6.07) is 8.75. The van der Waals surface area contributed by atoms with Crippen molar-refractivity contribution in [2.75, 3.05) is 11.8 Å². The maximum Gasteiger partial charge on any atom is 0.271 e. The molecule has 20 heavy (non-hydrogen) atoms. The van der Waals surface area contributed by atoms with E-state index >= 15 is 0 Å². The number of benzene rings is 1. The Bertz CT molecular complexity index is 714. The molecule has 0 atom stereocenters. The molecule has 0 saturated carbocycles. The molecule has 0 radical (unpaired) electrons. The molecule has 0 aliphatic heterocycles. The second-order valence-electron chi connectivity index (χ2n) is 3.98. The van der Waals surface area contributed by atoms with Gasteiger partial charge in [-0.15, -0.1) is 11.3 Å². The van der Waals surface area contributed by atoms with Crippen LogP contribution in [0, 0.1) is 0 Å². The molecule has 1 aromatic carbocycles. The van der Waals surface area contributed by atoms with Crippen molar-refractivity contribution in [3.05, 3.63) is 44.2 Å². The quantitative estimate of drug-likeness (QED) is 0.744. The highest BCUT2D eigenvalue weighted by Gasteiger charge is 2.18. The molecule has 0 aliphatic carbocycles. The van der Waals surface area contributed by atoms with E-state index in [1.165, 1.54) is 11.3 Å². The average molecular weight is 440 g/mol. The summed E-state index contributed by atoms with van der Waals surface area (Å²) in [6.07, 6.45) is 0. The molecule has 0 bridgehead atoms. The zero-order valence-corrected chi connectivity index (χ0v) is 15.3. The van der Waals surface area contributed by atoms with Gasteiger partial charge in [0.15, 0.2) is 0 Å². The summed E-state index contributed by atoms with van der Waals surface area (Å²) in [5.41, 5.74) is 0.503. The van der Waals surface area contributed by atoms with Gasteiger partial charge in [0.05, 0.1) is 5.69 Å². The normalized spacial score (nSPS) is 11.6. The summed E-state index contributed by atoms with van der Waals surface area (Å²) in [5.74, 6) is 0. The fourth-order valence-corrected chi connectivity index (χ4v) is 4.82. The first-order valence-electron chi connectivity index (χ1n) is 5.63. The third-order valence-corrected chi connectivity index (χ3v) is 6.55. The summed E-state index contributed by atoms with van der Waals surface area (Å²) in [6.45, 7) is 0.654. The number of thiophene rings is 1. The summed E-state index contributed by atoms with van der Waals surface area (Å²) in [4.78, 5) is 0.973. The topological polar surface area (TPSA) is 58.2 Å². The number of nitrogens with one attached hydrogen (secondary N) is 2. The predicted octanol–water partition coefficient (Wildman–Crippen LogP) is 3.79. The van der Waals surface area contributed by atoms with Crippen LogP contribution in [-0.2, 0) is 16.6 Å². The van der Waals surface area contributed by atoms with Crippen LogP contribution in [0.5, 0.6) is 0 Å². The summed E-state index contributed by atoms with van der Waals surface area (Å²) >= 11 is 7.91. The number of hydrogen-bond acceptors (Lipinski definition) is 4. The van der Waals surface area contributed by atoms with Crippen LogP contribution in [0.25, 0.3) is 0 Å². The lowest BCUT2D eigenvalue weighted by Crippen LogP contribution is -2.11. The van der Waals surface area contributed by atoms with E-state index in [4.69, 9.17) is 0 Å². The van der Waals surface area contributed by atoms with Gasteiger partial charge in [0, 0.05) is 20.4 Å². The van der Waals surface area contributed by atoms with Gasteiger partial charge in [-0.25, -0.2) is 8.42 Å². The summed E-state index contributed by atoms with van der Waals surface area (Å²) in [7, 11) is -1.74. The van der Waals surface area contributed by atoms with E-state index in [0.717, 1.165) is 9.35 Å². The Morgan fingerprint density at radius 1 is 1.20 bits per heavy atom. The van der Waals surface area contributed by atoms with E-state index in [9.17, 15) is 8.42 Å². The molecule has 2 N–H and O–H groups in total. The molecule has 0 saturated heterocycles. The molecule has 4 nitrogen and oxygen atoms in total. The van der Waals surface area contributed by atoms with Gasteiger partial charge in [-0.1, -0.05) is 15.9 Å². The fraction of sp³-hybridized carbons (Fsp3) is 0.167. The molecule has 8 heteroatoms. The first-order valence-corrected chi connectivity index (χ1v) is 9.52. The van der Waals surface area contributed by atoms with Crippen LogP contribution in [0.2, 0.25) is 0 Å². The lowest BCUT2D eigenvalue weighted by Gasteiger charge is -2.08. The van der Waals surface area contributed by atoms with Gasteiger partial charge in [0.2, 0.25) is 0 Å². The van der Waals surface area contributed by atoms with Gasteiger partial charge in [-0.3, -0.25) is 4.72 Å². The third kappa shape index (κ3) is 3.82. The van der Waals surface area contributed by atoms with E-state index < -0.39 is 10.0 Å². The van der Waals surface area contributed by atoms with Crippen LogP contribution >= 0.6 is 43.2 Å². The largest absolute Gasteiger partial charge is 0.315 e. The molecule has 2 aromatic rings. The van der Waals surface area contributed by atoms with Gasteiger partial charge in [0.1, 0.15) is 4.21 Å². The molecule has 1 heterocycles. The van der Waals surface area contributed by atoms with Crippen LogP contribution in [0.1, 0.15) is 4.88 Å². The van der Waals surface area contributed by atoms with Gasteiger partial charge in [-0.2, -0.15) is 0 Å². The maximum absolute atomic E-state index is 12.3. The van der Waals surface area contributed by atoms with Crippen molar-refractivity contribution in [1.82, 2.24) is 5.32 Å². The smallest absolute Gasteiger partial charge is 0.271 e. The minimum atomic E-state index is -3.56. The highest BCUT2D eigenvalue weighted by Crippen LogP contribution is 2.30. The highest BCUT2D eigenvalue weighted by atomic mass is 79.9. The Balaban J connectivity index is 2.28. The zero-order valence-electron chi connectivity index (χ0n) is 10.5. The Kier molecular flexibility index (Phi) is 5.25. The van der Waals surface area contributed by atoms with Crippen LogP contribution < -0.4 is 10.0 Å². The van der Waals surface area contributed by atoms with Crippen molar-refractivity contribution in [1.29, 1.82) is 0 Å². The van der Waals surface area contributed by atoms with Gasteiger partial charge in [-0.05, 0) is 53.3 Å². The first kappa shape index (κ1) is 16.0. The average Bonchev–Trinajstić information content (AvgIpc) is 2.83. The zero-order chi connectivity index (χ0) is 14.8. The Morgan fingerprint density at radius 3 is 2.65 bits per heavy atom. The lowest BCUT2D eigenvalue weighted by atomic mass is 10.3. The first-order chi connectivity index (χ1) is 9.42. The van der Waals surface area contributed by atoms with E-state index in [0.29, 0.717) is 20.9 Å². The van der Waals surface area contributed by atoms with Crippen LogP contribution in [0.4, 0.5) is 5.69 Å². The molecule has 108 valence electrons. The van der Waals surface area contributed by atoms with Gasteiger partial charge >= 0.3 is 0 Å². The number of sulfonamides is 1. The van der Waals surface area contributed by atoms with E-state index in [-0.39, 0.29) is 0 Å². The molecule has 0 fully saturated rings. The number of anilines is 1. The number of rotatable bonds is 5. The molecule has 0 amide bonds. The van der Waals surface area contributed by atoms with Crippen molar-refractivity contribution in [2.24, 2.45) is 0 Å².